The van der Waals surface area contributed by atoms with E-state index in [1.807, 2.05) is 0 Å². The molecule has 0 heterocycles. The lowest BCUT2D eigenvalue weighted by atomic mass is 10.3. The molecule has 0 aromatic rings. The molecule has 0 radical (unpaired) electrons. The second-order valence-corrected chi connectivity index (χ2v) is 2.95. The summed E-state index contributed by atoms with van der Waals surface area (Å²) in [6.45, 7) is 0. The van der Waals surface area contributed by atoms with Crippen molar-refractivity contribution in [3.8, 4) is 0 Å². The molecule has 0 atom stereocenters. The fourth-order valence-corrected chi connectivity index (χ4v) is 1.05. The van der Waals surface area contributed by atoms with Crippen molar-refractivity contribution in [3.63, 3.8) is 0 Å². The number of aliphatic hydroxyl groups is 1. The molecule has 0 aliphatic heterocycles. The summed E-state index contributed by atoms with van der Waals surface area (Å²) in [4.78, 5) is 19.1. The van der Waals surface area contributed by atoms with E-state index < -0.39 is 11.9 Å². The average Bonchev–Trinajstić information content (AvgIpc) is 2.53. The van der Waals surface area contributed by atoms with Crippen LogP contribution in [0.1, 0.15) is 25.7 Å². The maximum atomic E-state index is 9.55. The van der Waals surface area contributed by atoms with Crippen LogP contribution >= 0.6 is 0 Å². The number of carbonyl (C=O) groups is 2. The normalized spacial score (nSPS) is 16.4. The van der Waals surface area contributed by atoms with Crippen LogP contribution in [0, 0.1) is 0 Å². The Morgan fingerprint density at radius 3 is 1.50 bits per heavy atom. The Morgan fingerprint density at radius 2 is 1.36 bits per heavy atom. The fourth-order valence-electron chi connectivity index (χ4n) is 1.05. The molecule has 1 saturated carbocycles. The molecule has 0 amide bonds. The number of hydrogen-bond donors (Lipinski definition) is 3. The van der Waals surface area contributed by atoms with Gasteiger partial charge in [0.2, 0.25) is 0 Å². The lowest BCUT2D eigenvalue weighted by molar-refractivity contribution is -0.134. The van der Waals surface area contributed by atoms with E-state index in [2.05, 4.69) is 0 Å². The molecular weight excluding hydrogens is 188 g/mol. The van der Waals surface area contributed by atoms with E-state index in [1.54, 1.807) is 0 Å². The summed E-state index contributed by atoms with van der Waals surface area (Å²) >= 11 is 0. The van der Waals surface area contributed by atoms with Gasteiger partial charge in [-0.15, -0.1) is 0 Å². The molecule has 80 valence electrons. The Labute approximate surface area is 81.7 Å². The summed E-state index contributed by atoms with van der Waals surface area (Å²) in [6.07, 6.45) is 5.72. The standard InChI is InChI=1S/C5H10O.C4H4O4/c6-5-3-1-2-4-5;5-3(6)1-2-4(7)8/h5-6H,1-4H2;1-2H,(H,5,6)(H,7,8)/b;2-1+. The minimum Gasteiger partial charge on any atom is -0.478 e. The number of carboxylic acid groups (broad SMARTS) is 2. The smallest absolute Gasteiger partial charge is 0.328 e. The minimum absolute atomic E-state index is 0.0463. The van der Waals surface area contributed by atoms with Gasteiger partial charge >= 0.3 is 11.9 Å². The lowest BCUT2D eigenvalue weighted by Gasteiger charge is -1.91. The molecule has 5 heteroatoms. The third-order valence-corrected chi connectivity index (χ3v) is 1.69. The molecule has 0 spiro atoms. The van der Waals surface area contributed by atoms with Crippen LogP contribution in [0.5, 0.6) is 0 Å². The highest BCUT2D eigenvalue weighted by Crippen LogP contribution is 2.16. The SMILES string of the molecule is O=C(O)/C=C/C(=O)O.OC1CCCC1. The number of carboxylic acids is 2. The summed E-state index contributed by atoms with van der Waals surface area (Å²) in [7, 11) is 0. The Morgan fingerprint density at radius 1 is 1.00 bits per heavy atom. The highest BCUT2D eigenvalue weighted by atomic mass is 16.4. The highest BCUT2D eigenvalue weighted by molar-refractivity contribution is 5.89. The third kappa shape index (κ3) is 8.73. The monoisotopic (exact) mass is 202 g/mol. The Hall–Kier alpha value is -1.36. The average molecular weight is 202 g/mol. The maximum absolute atomic E-state index is 9.55. The van der Waals surface area contributed by atoms with Gasteiger partial charge in [-0.05, 0) is 12.8 Å². The zero-order valence-corrected chi connectivity index (χ0v) is 7.72. The van der Waals surface area contributed by atoms with Crippen LogP contribution in [0.15, 0.2) is 12.2 Å². The van der Waals surface area contributed by atoms with E-state index in [9.17, 15) is 9.59 Å². The number of aliphatic hydroxyl groups excluding tert-OH is 1. The Kier molecular flexibility index (Phi) is 6.39. The van der Waals surface area contributed by atoms with Crippen molar-refractivity contribution in [2.24, 2.45) is 0 Å². The largest absolute Gasteiger partial charge is 0.478 e. The van der Waals surface area contributed by atoms with Gasteiger partial charge in [0.15, 0.2) is 0 Å². The van der Waals surface area contributed by atoms with Gasteiger partial charge in [-0.3, -0.25) is 0 Å². The third-order valence-electron chi connectivity index (χ3n) is 1.69. The van der Waals surface area contributed by atoms with Crippen molar-refractivity contribution in [3.05, 3.63) is 12.2 Å². The van der Waals surface area contributed by atoms with E-state index in [1.165, 1.54) is 12.8 Å². The van der Waals surface area contributed by atoms with E-state index >= 15 is 0 Å². The molecule has 0 saturated heterocycles. The molecule has 0 aromatic carbocycles. The van der Waals surface area contributed by atoms with Crippen LogP contribution in [0.3, 0.4) is 0 Å². The summed E-state index contributed by atoms with van der Waals surface area (Å²) in [5.41, 5.74) is 0. The zero-order valence-electron chi connectivity index (χ0n) is 7.72. The maximum Gasteiger partial charge on any atom is 0.328 e. The van der Waals surface area contributed by atoms with Crippen LogP contribution in [0.25, 0.3) is 0 Å². The number of hydrogen-bond acceptors (Lipinski definition) is 3. The van der Waals surface area contributed by atoms with E-state index in [-0.39, 0.29) is 6.10 Å². The summed E-state index contributed by atoms with van der Waals surface area (Å²) in [6, 6.07) is 0. The molecule has 1 rings (SSSR count). The number of rotatable bonds is 2. The molecule has 1 fully saturated rings. The van der Waals surface area contributed by atoms with Gasteiger partial charge in [0.05, 0.1) is 6.10 Å². The van der Waals surface area contributed by atoms with Crippen molar-refractivity contribution < 1.29 is 24.9 Å². The predicted octanol–water partition coefficient (Wildman–Crippen LogP) is 0.633. The van der Waals surface area contributed by atoms with Gasteiger partial charge in [0, 0.05) is 12.2 Å². The second-order valence-electron chi connectivity index (χ2n) is 2.95. The van der Waals surface area contributed by atoms with Crippen LogP contribution in [0.4, 0.5) is 0 Å². The lowest BCUT2D eigenvalue weighted by Crippen LogP contribution is -1.94. The molecule has 0 unspecified atom stereocenters. The van der Waals surface area contributed by atoms with E-state index in [4.69, 9.17) is 15.3 Å². The summed E-state index contributed by atoms with van der Waals surface area (Å²) in [5.74, 6) is -2.51. The molecule has 1 aliphatic rings. The molecule has 1 aliphatic carbocycles. The quantitative estimate of drug-likeness (QED) is 0.571. The number of aliphatic carboxylic acids is 2. The first-order chi connectivity index (χ1) is 6.52. The molecule has 14 heavy (non-hydrogen) atoms. The fraction of sp³-hybridized carbons (Fsp3) is 0.556. The first kappa shape index (κ1) is 12.6. The van der Waals surface area contributed by atoms with Gasteiger partial charge < -0.3 is 15.3 Å². The van der Waals surface area contributed by atoms with Crippen LogP contribution in [-0.4, -0.2) is 33.4 Å². The van der Waals surface area contributed by atoms with Crippen molar-refractivity contribution >= 4 is 11.9 Å². The van der Waals surface area contributed by atoms with Crippen molar-refractivity contribution in [1.29, 1.82) is 0 Å². The van der Waals surface area contributed by atoms with Crippen molar-refractivity contribution in [2.75, 3.05) is 0 Å². The van der Waals surface area contributed by atoms with Gasteiger partial charge in [0.25, 0.3) is 0 Å². The van der Waals surface area contributed by atoms with E-state index in [0.29, 0.717) is 12.2 Å². The second kappa shape index (κ2) is 7.08. The van der Waals surface area contributed by atoms with Crippen LogP contribution in [-0.2, 0) is 9.59 Å². The van der Waals surface area contributed by atoms with Gasteiger partial charge in [-0.1, -0.05) is 12.8 Å². The zero-order chi connectivity index (χ0) is 11.0. The van der Waals surface area contributed by atoms with Crippen LogP contribution < -0.4 is 0 Å². The Balaban J connectivity index is 0.000000249. The van der Waals surface area contributed by atoms with Crippen molar-refractivity contribution in [1.82, 2.24) is 0 Å². The topological polar surface area (TPSA) is 94.8 Å². The van der Waals surface area contributed by atoms with Gasteiger partial charge in [-0.2, -0.15) is 0 Å². The Bertz CT molecular complexity index is 199. The minimum atomic E-state index is -1.26. The van der Waals surface area contributed by atoms with Gasteiger partial charge in [0.1, 0.15) is 0 Å². The first-order valence-electron chi connectivity index (χ1n) is 4.34. The molecule has 3 N–H and O–H groups in total. The summed E-state index contributed by atoms with van der Waals surface area (Å²) < 4.78 is 0. The molecule has 0 aromatic heterocycles. The van der Waals surface area contributed by atoms with Crippen LogP contribution in [0.2, 0.25) is 0 Å². The predicted molar refractivity (Wildman–Crippen MR) is 48.9 cm³/mol. The summed E-state index contributed by atoms with van der Waals surface area (Å²) in [5, 5.41) is 24.4. The van der Waals surface area contributed by atoms with Crippen molar-refractivity contribution in [2.45, 2.75) is 31.8 Å². The molecule has 0 bridgehead atoms. The van der Waals surface area contributed by atoms with E-state index in [0.717, 1.165) is 12.8 Å². The molecular formula is C9H14O5. The molecule has 5 nitrogen and oxygen atoms in total. The first-order valence-corrected chi connectivity index (χ1v) is 4.34. The van der Waals surface area contributed by atoms with Gasteiger partial charge in [-0.25, -0.2) is 9.59 Å². The highest BCUT2D eigenvalue weighted by Gasteiger charge is 2.09.